The molecule has 1 atom stereocenters. The fourth-order valence-corrected chi connectivity index (χ4v) is 2.04. The quantitative estimate of drug-likeness (QED) is 0.698. The van der Waals surface area contributed by atoms with Crippen LogP contribution in [0.15, 0.2) is 53.6 Å². The molecule has 0 aromatic heterocycles. The average molecular weight is 296 g/mol. The van der Waals surface area contributed by atoms with Gasteiger partial charge in [0.2, 0.25) is 6.10 Å². The molecule has 1 amide bonds. The number of fused-ring (bicyclic) bond motifs is 1. The third-order valence-electron chi connectivity index (χ3n) is 3.27. The zero-order chi connectivity index (χ0) is 15.4. The van der Waals surface area contributed by atoms with Crippen LogP contribution in [0.5, 0.6) is 11.5 Å². The molecule has 112 valence electrons. The molecular formula is C17H16N2O3. The van der Waals surface area contributed by atoms with Crippen LogP contribution in [-0.2, 0) is 4.79 Å². The lowest BCUT2D eigenvalue weighted by Crippen LogP contribution is -2.42. The molecule has 0 aliphatic carbocycles. The highest BCUT2D eigenvalue weighted by molar-refractivity contribution is 5.84. The second kappa shape index (κ2) is 6.30. The summed E-state index contributed by atoms with van der Waals surface area (Å²) in [6.45, 7) is 2.18. The van der Waals surface area contributed by atoms with Crippen molar-refractivity contribution in [1.29, 1.82) is 0 Å². The standard InChI is InChI=1S/C17H16N2O3/c1-12-6-8-13(9-7-12)10-18-19-17(20)16-11-21-14-4-2-3-5-15(14)22-16/h2-10,16H,11H2,1H3,(H,19,20)/b18-10-. The zero-order valence-corrected chi connectivity index (χ0v) is 12.2. The van der Waals surface area contributed by atoms with Crippen molar-refractivity contribution in [3.8, 4) is 11.5 Å². The van der Waals surface area contributed by atoms with Gasteiger partial charge in [0.25, 0.3) is 5.91 Å². The van der Waals surface area contributed by atoms with Crippen molar-refractivity contribution in [2.75, 3.05) is 6.61 Å². The second-order valence-electron chi connectivity index (χ2n) is 5.01. The van der Waals surface area contributed by atoms with Crippen LogP contribution in [0.25, 0.3) is 0 Å². The minimum Gasteiger partial charge on any atom is -0.485 e. The minimum absolute atomic E-state index is 0.170. The van der Waals surface area contributed by atoms with Gasteiger partial charge < -0.3 is 9.47 Å². The van der Waals surface area contributed by atoms with E-state index in [0.29, 0.717) is 11.5 Å². The molecule has 0 fully saturated rings. The molecule has 5 heteroatoms. The highest BCUT2D eigenvalue weighted by Gasteiger charge is 2.26. The molecule has 2 aromatic rings. The smallest absolute Gasteiger partial charge is 0.284 e. The van der Waals surface area contributed by atoms with Crippen molar-refractivity contribution < 1.29 is 14.3 Å². The first-order valence-electron chi connectivity index (χ1n) is 7.00. The zero-order valence-electron chi connectivity index (χ0n) is 12.2. The maximum atomic E-state index is 12.0. The molecule has 0 radical (unpaired) electrons. The number of aryl methyl sites for hydroxylation is 1. The topological polar surface area (TPSA) is 59.9 Å². The number of nitrogens with zero attached hydrogens (tertiary/aromatic N) is 1. The lowest BCUT2D eigenvalue weighted by Gasteiger charge is -2.24. The van der Waals surface area contributed by atoms with Gasteiger partial charge in [0.05, 0.1) is 6.21 Å². The highest BCUT2D eigenvalue weighted by Crippen LogP contribution is 2.30. The molecule has 2 aromatic carbocycles. The van der Waals surface area contributed by atoms with E-state index in [9.17, 15) is 4.79 Å². The number of rotatable bonds is 3. The van der Waals surface area contributed by atoms with Crippen molar-refractivity contribution in [3.63, 3.8) is 0 Å². The van der Waals surface area contributed by atoms with E-state index in [2.05, 4.69) is 10.5 Å². The third-order valence-corrected chi connectivity index (χ3v) is 3.27. The molecule has 1 aliphatic rings. The molecule has 1 aliphatic heterocycles. The first-order chi connectivity index (χ1) is 10.7. The summed E-state index contributed by atoms with van der Waals surface area (Å²) in [7, 11) is 0. The lowest BCUT2D eigenvalue weighted by molar-refractivity contribution is -0.130. The minimum atomic E-state index is -0.704. The average Bonchev–Trinajstić information content (AvgIpc) is 2.56. The Balaban J connectivity index is 1.58. The summed E-state index contributed by atoms with van der Waals surface area (Å²) >= 11 is 0. The first-order valence-corrected chi connectivity index (χ1v) is 7.00. The Labute approximate surface area is 128 Å². The van der Waals surface area contributed by atoms with Crippen molar-refractivity contribution in [1.82, 2.24) is 5.43 Å². The Morgan fingerprint density at radius 2 is 1.91 bits per heavy atom. The number of ether oxygens (including phenoxy) is 2. The van der Waals surface area contributed by atoms with E-state index in [1.165, 1.54) is 5.56 Å². The van der Waals surface area contributed by atoms with E-state index in [0.717, 1.165) is 5.56 Å². The van der Waals surface area contributed by atoms with E-state index in [-0.39, 0.29) is 12.5 Å². The summed E-state index contributed by atoms with van der Waals surface area (Å²) in [6, 6.07) is 15.1. The van der Waals surface area contributed by atoms with Crippen LogP contribution in [-0.4, -0.2) is 24.8 Å². The summed E-state index contributed by atoms with van der Waals surface area (Å²) in [5, 5.41) is 3.94. The van der Waals surface area contributed by atoms with Gasteiger partial charge in [0.15, 0.2) is 11.5 Å². The molecule has 1 heterocycles. The Morgan fingerprint density at radius 3 is 2.68 bits per heavy atom. The molecule has 0 saturated carbocycles. The van der Waals surface area contributed by atoms with Crippen molar-refractivity contribution in [2.24, 2.45) is 5.10 Å². The summed E-state index contributed by atoms with van der Waals surface area (Å²) in [5.74, 6) is 0.879. The van der Waals surface area contributed by atoms with Crippen LogP contribution in [0, 0.1) is 6.92 Å². The maximum absolute atomic E-state index is 12.0. The molecule has 1 N–H and O–H groups in total. The van der Waals surface area contributed by atoms with Gasteiger partial charge >= 0.3 is 0 Å². The molecule has 1 unspecified atom stereocenters. The van der Waals surface area contributed by atoms with Gasteiger partial charge in [-0.3, -0.25) is 4.79 Å². The third kappa shape index (κ3) is 3.25. The fraction of sp³-hybridized carbons (Fsp3) is 0.176. The molecule has 5 nitrogen and oxygen atoms in total. The number of hydrogen-bond donors (Lipinski definition) is 1. The number of para-hydroxylation sites is 2. The Bertz CT molecular complexity index is 695. The number of benzene rings is 2. The van der Waals surface area contributed by atoms with Crippen LogP contribution < -0.4 is 14.9 Å². The molecule has 0 saturated heterocycles. The van der Waals surface area contributed by atoms with E-state index in [1.807, 2.05) is 43.3 Å². The normalized spacial score (nSPS) is 16.5. The van der Waals surface area contributed by atoms with Gasteiger partial charge in [-0.1, -0.05) is 42.0 Å². The summed E-state index contributed by atoms with van der Waals surface area (Å²) < 4.78 is 11.1. The predicted octanol–water partition coefficient (Wildman–Crippen LogP) is 2.29. The molecular weight excluding hydrogens is 280 g/mol. The maximum Gasteiger partial charge on any atom is 0.284 e. The summed E-state index contributed by atoms with van der Waals surface area (Å²) in [4.78, 5) is 12.0. The van der Waals surface area contributed by atoms with E-state index < -0.39 is 6.10 Å². The van der Waals surface area contributed by atoms with Gasteiger partial charge in [-0.05, 0) is 24.6 Å². The molecule has 0 bridgehead atoms. The van der Waals surface area contributed by atoms with Crippen LogP contribution in [0.4, 0.5) is 0 Å². The Kier molecular flexibility index (Phi) is 4.05. The number of carbonyl (C=O) groups is 1. The number of hydrogen-bond acceptors (Lipinski definition) is 4. The first kappa shape index (κ1) is 14.1. The Morgan fingerprint density at radius 1 is 1.18 bits per heavy atom. The molecule has 3 rings (SSSR count). The lowest BCUT2D eigenvalue weighted by atomic mass is 10.2. The number of nitrogens with one attached hydrogen (secondary N) is 1. The number of amides is 1. The molecule has 0 spiro atoms. The van der Waals surface area contributed by atoms with E-state index in [4.69, 9.17) is 9.47 Å². The second-order valence-corrected chi connectivity index (χ2v) is 5.01. The van der Waals surface area contributed by atoms with Gasteiger partial charge in [-0.2, -0.15) is 5.10 Å². The van der Waals surface area contributed by atoms with E-state index >= 15 is 0 Å². The summed E-state index contributed by atoms with van der Waals surface area (Å²) in [5.41, 5.74) is 4.56. The predicted molar refractivity (Wildman–Crippen MR) is 83.3 cm³/mol. The van der Waals surface area contributed by atoms with Crippen LogP contribution in [0.3, 0.4) is 0 Å². The monoisotopic (exact) mass is 296 g/mol. The summed E-state index contributed by atoms with van der Waals surface area (Å²) in [6.07, 6.45) is 0.889. The fourth-order valence-electron chi connectivity index (χ4n) is 2.04. The van der Waals surface area contributed by atoms with Crippen LogP contribution >= 0.6 is 0 Å². The van der Waals surface area contributed by atoms with Gasteiger partial charge in [-0.15, -0.1) is 0 Å². The largest absolute Gasteiger partial charge is 0.485 e. The van der Waals surface area contributed by atoms with E-state index in [1.54, 1.807) is 18.3 Å². The highest BCUT2D eigenvalue weighted by atomic mass is 16.6. The van der Waals surface area contributed by atoms with Gasteiger partial charge in [0, 0.05) is 0 Å². The Hall–Kier alpha value is -2.82. The number of carbonyl (C=O) groups excluding carboxylic acids is 1. The van der Waals surface area contributed by atoms with Crippen molar-refractivity contribution >= 4 is 12.1 Å². The van der Waals surface area contributed by atoms with Gasteiger partial charge in [0.1, 0.15) is 6.61 Å². The SMILES string of the molecule is Cc1ccc(/C=N\NC(=O)C2COc3ccccc3O2)cc1. The molecule has 22 heavy (non-hydrogen) atoms. The van der Waals surface area contributed by atoms with Crippen molar-refractivity contribution in [2.45, 2.75) is 13.0 Å². The van der Waals surface area contributed by atoms with Crippen LogP contribution in [0.2, 0.25) is 0 Å². The van der Waals surface area contributed by atoms with Crippen molar-refractivity contribution in [3.05, 3.63) is 59.7 Å². The van der Waals surface area contributed by atoms with Gasteiger partial charge in [-0.25, -0.2) is 5.43 Å². The number of hydrazone groups is 1. The van der Waals surface area contributed by atoms with Crippen LogP contribution in [0.1, 0.15) is 11.1 Å².